The van der Waals surface area contributed by atoms with Crippen LogP contribution in [-0.2, 0) is 9.47 Å². The van der Waals surface area contributed by atoms with E-state index in [-0.39, 0.29) is 11.8 Å². The van der Waals surface area contributed by atoms with Crippen molar-refractivity contribution in [3.8, 4) is 17.2 Å². The van der Waals surface area contributed by atoms with Crippen LogP contribution in [0.4, 0.5) is 0 Å². The molecular weight excluding hydrogens is 494 g/mol. The number of fused-ring (bicyclic) bond motifs is 5. The Morgan fingerprint density at radius 2 is 1.71 bits per heavy atom. The van der Waals surface area contributed by atoms with E-state index < -0.39 is 11.9 Å². The van der Waals surface area contributed by atoms with Crippen molar-refractivity contribution < 1.29 is 33.3 Å². The highest BCUT2D eigenvalue weighted by Crippen LogP contribution is 2.38. The molecule has 1 aromatic carbocycles. The monoisotopic (exact) mass is 531 g/mol. The molecule has 3 heterocycles. The molecule has 1 N–H and O–H groups in total. The predicted octanol–water partition coefficient (Wildman–Crippen LogP) is 2.16. The summed E-state index contributed by atoms with van der Waals surface area (Å²) in [6, 6.07) is 3.21. The van der Waals surface area contributed by atoms with E-state index >= 15 is 0 Å². The van der Waals surface area contributed by atoms with Crippen molar-refractivity contribution in [2.75, 3.05) is 66.7 Å². The Balaban J connectivity index is 1.50. The van der Waals surface area contributed by atoms with Crippen LogP contribution in [-0.4, -0.2) is 110 Å². The van der Waals surface area contributed by atoms with Crippen LogP contribution in [0, 0.1) is 0 Å². The first kappa shape index (κ1) is 27.6. The Hall–Kier alpha value is -3.38. The van der Waals surface area contributed by atoms with E-state index in [0.717, 1.165) is 52.1 Å². The highest BCUT2D eigenvalue weighted by atomic mass is 16.5. The molecule has 12 nitrogen and oxygen atoms in total. The number of aromatic nitrogens is 3. The molecule has 4 rings (SSSR count). The zero-order valence-corrected chi connectivity index (χ0v) is 22.1. The summed E-state index contributed by atoms with van der Waals surface area (Å²) < 4.78 is 28.3. The second-order valence-electron chi connectivity index (χ2n) is 9.40. The molecule has 208 valence electrons. The van der Waals surface area contributed by atoms with Gasteiger partial charge in [0, 0.05) is 26.2 Å². The number of methoxy groups -OCH3 is 2. The van der Waals surface area contributed by atoms with Gasteiger partial charge in [-0.3, -0.25) is 5.10 Å². The summed E-state index contributed by atoms with van der Waals surface area (Å²) in [5.74, 6) is 0.242. The number of cyclic esters (lactones) is 1. The molecule has 0 aliphatic carbocycles. The Labute approximate surface area is 222 Å². The lowest BCUT2D eigenvalue weighted by Crippen LogP contribution is -2.34. The van der Waals surface area contributed by atoms with E-state index in [1.807, 2.05) is 0 Å². The molecule has 1 fully saturated rings. The molecule has 2 aromatic rings. The minimum atomic E-state index is -0.497. The smallest absolute Gasteiger partial charge is 0.360 e. The van der Waals surface area contributed by atoms with Crippen LogP contribution in [0.5, 0.6) is 17.2 Å². The number of H-pyrrole nitrogens is 1. The molecule has 3 atom stereocenters. The lowest BCUT2D eigenvalue weighted by molar-refractivity contribution is 0.0215. The first-order valence-electron chi connectivity index (χ1n) is 13.2. The Morgan fingerprint density at radius 3 is 2.45 bits per heavy atom. The van der Waals surface area contributed by atoms with E-state index in [2.05, 4.69) is 25.2 Å². The molecule has 4 bridgehead atoms. The van der Waals surface area contributed by atoms with Crippen LogP contribution < -0.4 is 14.2 Å². The molecule has 3 unspecified atom stereocenters. The fourth-order valence-corrected chi connectivity index (χ4v) is 4.76. The number of carbonyl (C=O) groups is 2. The number of esters is 2. The Morgan fingerprint density at radius 1 is 0.947 bits per heavy atom. The van der Waals surface area contributed by atoms with Crippen LogP contribution >= 0.6 is 0 Å². The maximum atomic E-state index is 12.8. The highest BCUT2D eigenvalue weighted by molar-refractivity contribution is 5.91. The first-order valence-corrected chi connectivity index (χ1v) is 13.2. The fraction of sp³-hybridized carbons (Fsp3) is 0.615. The average molecular weight is 532 g/mol. The van der Waals surface area contributed by atoms with Gasteiger partial charge in [0.25, 0.3) is 0 Å². The number of aromatic amines is 1. The minimum absolute atomic E-state index is 0.155. The number of ether oxygens (including phenoxy) is 5. The zero-order valence-electron chi connectivity index (χ0n) is 22.1. The Bertz CT molecular complexity index is 1050. The third kappa shape index (κ3) is 7.57. The summed E-state index contributed by atoms with van der Waals surface area (Å²) in [6.45, 7) is 6.25. The molecule has 1 saturated heterocycles. The van der Waals surface area contributed by atoms with Crippen molar-refractivity contribution >= 4 is 11.9 Å². The van der Waals surface area contributed by atoms with Gasteiger partial charge in [0.15, 0.2) is 17.2 Å². The normalized spacial score (nSPS) is 23.5. The van der Waals surface area contributed by atoms with Crippen LogP contribution in [0.3, 0.4) is 0 Å². The van der Waals surface area contributed by atoms with Crippen LogP contribution in [0.15, 0.2) is 18.3 Å². The van der Waals surface area contributed by atoms with E-state index in [1.165, 1.54) is 20.4 Å². The van der Waals surface area contributed by atoms with Crippen LogP contribution in [0.1, 0.15) is 53.0 Å². The van der Waals surface area contributed by atoms with Gasteiger partial charge in [0.1, 0.15) is 6.10 Å². The topological polar surface area (TPSA) is 128 Å². The van der Waals surface area contributed by atoms with Gasteiger partial charge >= 0.3 is 11.9 Å². The molecule has 38 heavy (non-hydrogen) atoms. The third-order valence-corrected chi connectivity index (χ3v) is 6.81. The van der Waals surface area contributed by atoms with Crippen molar-refractivity contribution in [2.45, 2.75) is 38.2 Å². The maximum absolute atomic E-state index is 12.8. The van der Waals surface area contributed by atoms with E-state index in [0.29, 0.717) is 55.3 Å². The molecular formula is C26H37N5O7. The number of rotatable bonds is 4. The SMILES string of the molecule is COc1cc2cc(c1OC)OCCCC(OC(=O)c1c[nH]nn1)CCN1CCCN(CCCOC2=O)CC1. The maximum Gasteiger partial charge on any atom is 0.360 e. The summed E-state index contributed by atoms with van der Waals surface area (Å²) in [5.41, 5.74) is 0.489. The van der Waals surface area contributed by atoms with Crippen LogP contribution in [0.25, 0.3) is 0 Å². The molecule has 1 aromatic heterocycles. The lowest BCUT2D eigenvalue weighted by Gasteiger charge is -2.24. The summed E-state index contributed by atoms with van der Waals surface area (Å²) >= 11 is 0. The van der Waals surface area contributed by atoms with Gasteiger partial charge in [-0.25, -0.2) is 9.59 Å². The van der Waals surface area contributed by atoms with Gasteiger partial charge < -0.3 is 33.5 Å². The molecule has 0 saturated carbocycles. The predicted molar refractivity (Wildman–Crippen MR) is 137 cm³/mol. The second-order valence-corrected chi connectivity index (χ2v) is 9.40. The van der Waals surface area contributed by atoms with Crippen molar-refractivity contribution in [2.24, 2.45) is 0 Å². The quantitative estimate of drug-likeness (QED) is 0.583. The van der Waals surface area contributed by atoms with Gasteiger partial charge in [-0.15, -0.1) is 5.10 Å². The number of nitrogens with zero attached hydrogens (tertiary/aromatic N) is 4. The summed E-state index contributed by atoms with van der Waals surface area (Å²) in [5, 5.41) is 9.92. The van der Waals surface area contributed by atoms with Crippen molar-refractivity contribution in [3.63, 3.8) is 0 Å². The number of hydrogen-bond donors (Lipinski definition) is 1. The largest absolute Gasteiger partial charge is 0.493 e. The summed E-state index contributed by atoms with van der Waals surface area (Å²) in [6.07, 6.45) is 4.86. The van der Waals surface area contributed by atoms with E-state index in [9.17, 15) is 9.59 Å². The molecule has 2 aliphatic rings. The zero-order chi connectivity index (χ0) is 26.7. The standard InChI is InChI=1S/C26H37N5O7/c1-34-22-16-19-17-23(24(22)35-2)36-14-3-6-20(38-26(33)21-18-27-29-28-21)7-11-31-9-4-8-30(12-13-31)10-5-15-37-25(19)32/h16-18,20H,3-15H2,1-2H3,(H,27,28,29). The molecule has 12 heteroatoms. The third-order valence-electron chi connectivity index (χ3n) is 6.81. The van der Waals surface area contributed by atoms with Gasteiger partial charge in [-0.05, 0) is 57.3 Å². The highest BCUT2D eigenvalue weighted by Gasteiger charge is 2.22. The van der Waals surface area contributed by atoms with Crippen molar-refractivity contribution in [1.82, 2.24) is 25.2 Å². The van der Waals surface area contributed by atoms with Gasteiger partial charge in [-0.2, -0.15) is 0 Å². The molecule has 0 amide bonds. The molecule has 0 radical (unpaired) electrons. The van der Waals surface area contributed by atoms with Gasteiger partial charge in [0.05, 0.1) is 39.2 Å². The number of benzene rings is 1. The van der Waals surface area contributed by atoms with Gasteiger partial charge in [-0.1, -0.05) is 5.21 Å². The molecule has 0 spiro atoms. The number of nitrogens with one attached hydrogen (secondary N) is 1. The molecule has 2 aliphatic heterocycles. The minimum Gasteiger partial charge on any atom is -0.493 e. The Kier molecular flexibility index (Phi) is 10.2. The lowest BCUT2D eigenvalue weighted by atomic mass is 10.1. The summed E-state index contributed by atoms with van der Waals surface area (Å²) in [7, 11) is 3.03. The number of carbonyl (C=O) groups excluding carboxylic acids is 2. The van der Waals surface area contributed by atoms with E-state index in [1.54, 1.807) is 12.1 Å². The fourth-order valence-electron chi connectivity index (χ4n) is 4.76. The first-order chi connectivity index (χ1) is 18.6. The van der Waals surface area contributed by atoms with Crippen LogP contribution in [0.2, 0.25) is 0 Å². The second kappa shape index (κ2) is 14.0. The van der Waals surface area contributed by atoms with E-state index in [4.69, 9.17) is 23.7 Å². The summed E-state index contributed by atoms with van der Waals surface area (Å²) in [4.78, 5) is 30.2. The number of hydrogen-bond acceptors (Lipinski definition) is 11. The van der Waals surface area contributed by atoms with Crippen molar-refractivity contribution in [1.29, 1.82) is 0 Å². The average Bonchev–Trinajstić information content (AvgIpc) is 3.38. The van der Waals surface area contributed by atoms with Crippen molar-refractivity contribution in [3.05, 3.63) is 29.6 Å². The van der Waals surface area contributed by atoms with Gasteiger partial charge in [0.2, 0.25) is 5.75 Å².